The Labute approximate surface area is 181 Å². The summed E-state index contributed by atoms with van der Waals surface area (Å²) in [4.78, 5) is 17.5. The predicted molar refractivity (Wildman–Crippen MR) is 107 cm³/mol. The van der Waals surface area contributed by atoms with E-state index in [0.717, 1.165) is 0 Å². The van der Waals surface area contributed by atoms with Crippen LogP contribution in [0.3, 0.4) is 0 Å². The van der Waals surface area contributed by atoms with Crippen LogP contribution in [-0.2, 0) is 6.42 Å². The minimum absolute atomic E-state index is 0.0123. The summed E-state index contributed by atoms with van der Waals surface area (Å²) < 4.78 is 0. The summed E-state index contributed by atoms with van der Waals surface area (Å²) in [5.74, 6) is -1.37. The van der Waals surface area contributed by atoms with Gasteiger partial charge in [-0.25, -0.2) is 20.0 Å². The number of aromatic nitrogens is 2. The van der Waals surface area contributed by atoms with E-state index in [2.05, 4.69) is 32.1 Å². The molecule has 10 nitrogen and oxygen atoms in total. The smallest absolute Gasteiger partial charge is 0.177 e. The highest BCUT2D eigenvalue weighted by Crippen LogP contribution is 2.70. The van der Waals surface area contributed by atoms with Crippen molar-refractivity contribution in [1.82, 2.24) is 9.97 Å². The molecular weight excluding hydrogens is 404 g/mol. The molecule has 0 radical (unpaired) electrons. The van der Waals surface area contributed by atoms with Gasteiger partial charge in [-0.2, -0.15) is 31.6 Å². The highest BCUT2D eigenvalue weighted by Gasteiger charge is 2.70. The van der Waals surface area contributed by atoms with Gasteiger partial charge in [0.2, 0.25) is 0 Å². The summed E-state index contributed by atoms with van der Waals surface area (Å²) in [6, 6.07) is 12.0. The third-order valence-corrected chi connectivity index (χ3v) is 6.48. The van der Waals surface area contributed by atoms with Crippen LogP contribution in [0.25, 0.3) is 11.0 Å². The average molecular weight is 412 g/mol. The Hall–Kier alpha value is -5.16. The topological polar surface area (TPSA) is 193 Å². The van der Waals surface area contributed by atoms with Crippen molar-refractivity contribution >= 4 is 33.8 Å². The summed E-state index contributed by atoms with van der Waals surface area (Å²) in [5.41, 5.74) is 0.761. The van der Waals surface area contributed by atoms with Gasteiger partial charge in [-0.1, -0.05) is 6.92 Å². The van der Waals surface area contributed by atoms with E-state index >= 15 is 0 Å². The van der Waals surface area contributed by atoms with Crippen LogP contribution in [0.4, 0.5) is 11.4 Å². The second kappa shape index (κ2) is 6.17. The van der Waals surface area contributed by atoms with Gasteiger partial charge < -0.3 is 0 Å². The molecule has 4 unspecified atom stereocenters. The van der Waals surface area contributed by atoms with E-state index in [1.165, 1.54) is 0 Å². The van der Waals surface area contributed by atoms with Crippen LogP contribution in [0.15, 0.2) is 9.98 Å². The van der Waals surface area contributed by atoms with Crippen LogP contribution in [0.1, 0.15) is 35.4 Å². The van der Waals surface area contributed by atoms with Crippen molar-refractivity contribution < 1.29 is 0 Å². The molecule has 10 heteroatoms. The molecule has 146 valence electrons. The molecule has 3 aliphatic rings. The van der Waals surface area contributed by atoms with Crippen molar-refractivity contribution in [2.45, 2.75) is 19.3 Å². The van der Waals surface area contributed by atoms with Gasteiger partial charge in [-0.15, -0.1) is 0 Å². The molecule has 0 amide bonds. The molecule has 3 heterocycles. The predicted octanol–water partition coefficient (Wildman–Crippen LogP) is 2.52. The summed E-state index contributed by atoms with van der Waals surface area (Å²) >= 11 is 0. The molecule has 0 spiro atoms. The molecule has 1 aromatic heterocycles. The maximum Gasteiger partial charge on any atom is 0.177 e. The van der Waals surface area contributed by atoms with Gasteiger partial charge in [0.15, 0.2) is 11.4 Å². The van der Waals surface area contributed by atoms with E-state index in [1.807, 2.05) is 31.2 Å². The highest BCUT2D eigenvalue weighted by molar-refractivity contribution is 6.15. The van der Waals surface area contributed by atoms with Gasteiger partial charge in [-0.05, 0) is 23.5 Å². The minimum atomic E-state index is -1.08. The third-order valence-electron chi connectivity index (χ3n) is 6.48. The zero-order valence-corrected chi connectivity index (χ0v) is 16.4. The van der Waals surface area contributed by atoms with E-state index in [1.54, 1.807) is 0 Å². The van der Waals surface area contributed by atoms with Gasteiger partial charge in [0, 0.05) is 5.92 Å². The van der Waals surface area contributed by atoms with Crippen LogP contribution < -0.4 is 0 Å². The average Bonchev–Trinajstić information content (AvgIpc) is 3.46. The van der Waals surface area contributed by atoms with Gasteiger partial charge in [0.1, 0.15) is 58.1 Å². The minimum Gasteiger partial charge on any atom is -0.238 e. The molecule has 1 aromatic carbocycles. The molecule has 0 saturated heterocycles. The first kappa shape index (κ1) is 18.8. The van der Waals surface area contributed by atoms with Crippen LogP contribution in [0, 0.1) is 85.2 Å². The molecule has 2 aliphatic heterocycles. The molecule has 2 aromatic rings. The van der Waals surface area contributed by atoms with E-state index in [4.69, 9.17) is 0 Å². The Morgan fingerprint density at radius 3 is 2.03 bits per heavy atom. The van der Waals surface area contributed by atoms with Gasteiger partial charge >= 0.3 is 0 Å². The summed E-state index contributed by atoms with van der Waals surface area (Å²) in [6.45, 7) is 1.85. The van der Waals surface area contributed by atoms with Crippen molar-refractivity contribution in [1.29, 1.82) is 31.6 Å². The maximum atomic E-state index is 9.92. The lowest BCUT2D eigenvalue weighted by Crippen LogP contribution is -2.22. The first-order chi connectivity index (χ1) is 15.5. The SMILES string of the molecule is CC1C2c3c4c(c5nc(C#N)c(C#N)nc5c3N=C(C#N)C12C#N)N=C(C#N)C(C#N)C4. The lowest BCUT2D eigenvalue weighted by Gasteiger charge is -2.25. The molecule has 0 N–H and O–H groups in total. The first-order valence-corrected chi connectivity index (χ1v) is 9.50. The van der Waals surface area contributed by atoms with E-state index in [0.29, 0.717) is 16.8 Å². The Kier molecular flexibility index (Phi) is 3.63. The molecule has 1 saturated carbocycles. The van der Waals surface area contributed by atoms with Crippen LogP contribution in [0.2, 0.25) is 0 Å². The zero-order chi connectivity index (χ0) is 22.8. The molecule has 5 rings (SSSR count). The Morgan fingerprint density at radius 1 is 0.844 bits per heavy atom. The van der Waals surface area contributed by atoms with Crippen LogP contribution in [-0.4, -0.2) is 21.4 Å². The lowest BCUT2D eigenvalue weighted by atomic mass is 9.82. The fraction of sp³-hybridized carbons (Fsp3) is 0.273. The number of hydrogen-bond acceptors (Lipinski definition) is 10. The molecule has 1 aliphatic carbocycles. The third kappa shape index (κ3) is 2.01. The normalized spacial score (nSPS) is 26.2. The first-order valence-electron chi connectivity index (χ1n) is 9.50. The van der Waals surface area contributed by atoms with Gasteiger partial charge in [-0.3, -0.25) is 0 Å². The number of aliphatic imine (C=N–C) groups is 2. The Bertz CT molecular complexity index is 1600. The van der Waals surface area contributed by atoms with E-state index in [9.17, 15) is 31.6 Å². The maximum absolute atomic E-state index is 9.92. The van der Waals surface area contributed by atoms with Gasteiger partial charge in [0.25, 0.3) is 0 Å². The number of nitrogens with zero attached hydrogens (tertiary/aromatic N) is 10. The highest BCUT2D eigenvalue weighted by atomic mass is 15.0. The summed E-state index contributed by atoms with van der Waals surface area (Å²) in [7, 11) is 0. The Morgan fingerprint density at radius 2 is 1.50 bits per heavy atom. The second-order valence-electron chi connectivity index (χ2n) is 7.75. The Balaban J connectivity index is 2.00. The van der Waals surface area contributed by atoms with E-state index in [-0.39, 0.29) is 57.8 Å². The van der Waals surface area contributed by atoms with Crippen molar-refractivity contribution in [3.8, 4) is 36.4 Å². The molecule has 0 bridgehead atoms. The zero-order valence-electron chi connectivity index (χ0n) is 16.4. The second-order valence-corrected chi connectivity index (χ2v) is 7.75. The number of fused-ring (bicyclic) bond motifs is 8. The largest absolute Gasteiger partial charge is 0.238 e. The summed E-state index contributed by atoms with van der Waals surface area (Å²) in [6.07, 6.45) is 0.155. The lowest BCUT2D eigenvalue weighted by molar-refractivity contribution is 0.797. The van der Waals surface area contributed by atoms with Crippen LogP contribution >= 0.6 is 0 Å². The number of rotatable bonds is 0. The monoisotopic (exact) mass is 412 g/mol. The summed E-state index contributed by atoms with van der Waals surface area (Å²) in [5, 5.41) is 57.6. The van der Waals surface area contributed by atoms with Crippen molar-refractivity contribution in [2.75, 3.05) is 0 Å². The fourth-order valence-corrected chi connectivity index (χ4v) is 4.89. The molecule has 4 atom stereocenters. The van der Waals surface area contributed by atoms with Crippen LogP contribution in [0.5, 0.6) is 0 Å². The quantitative estimate of drug-likeness (QED) is 0.629. The molecule has 32 heavy (non-hydrogen) atoms. The van der Waals surface area contributed by atoms with Gasteiger partial charge in [0.05, 0.1) is 23.5 Å². The number of hydrogen-bond donors (Lipinski definition) is 0. The number of benzene rings is 1. The molecular formula is C22H8N10. The number of nitriles is 6. The van der Waals surface area contributed by atoms with Crippen molar-refractivity contribution in [2.24, 2.45) is 27.2 Å². The van der Waals surface area contributed by atoms with Crippen molar-refractivity contribution in [3.05, 3.63) is 22.5 Å². The molecule has 1 fully saturated rings. The fourth-order valence-electron chi connectivity index (χ4n) is 4.89. The van der Waals surface area contributed by atoms with Crippen molar-refractivity contribution in [3.63, 3.8) is 0 Å². The standard InChI is InChI=1S/C22H8N10/c1-9-17-16-11-2-10(3-23)12(4-24)29-18(11)20-21(31-14(6-26)13(5-25)30-20)19(16)32-15(7-27)22(9,17)8-28/h9-10,17H,2H2,1H3. The van der Waals surface area contributed by atoms with E-state index < -0.39 is 11.3 Å².